The molecule has 2 heterocycles. The maximum absolute atomic E-state index is 10.0. The molecule has 3 rings (SSSR count). The van der Waals surface area contributed by atoms with E-state index in [0.717, 1.165) is 68.4 Å². The molecule has 1 aliphatic rings. The van der Waals surface area contributed by atoms with E-state index < -0.39 is 5.60 Å². The Morgan fingerprint density at radius 1 is 0.867 bits per heavy atom. The molecule has 0 unspecified atom stereocenters. The van der Waals surface area contributed by atoms with Gasteiger partial charge in [-0.3, -0.25) is 0 Å². The molecule has 2 aromatic rings. The van der Waals surface area contributed by atoms with Crippen LogP contribution in [0.4, 0.5) is 5.69 Å². The Labute approximate surface area is 274 Å². The van der Waals surface area contributed by atoms with Gasteiger partial charge in [-0.2, -0.15) is 10.5 Å². The van der Waals surface area contributed by atoms with Crippen molar-refractivity contribution < 1.29 is 14.9 Å². The Morgan fingerprint density at radius 3 is 1.91 bits per heavy atom. The van der Waals surface area contributed by atoms with E-state index in [1.54, 1.807) is 18.3 Å². The van der Waals surface area contributed by atoms with E-state index in [9.17, 15) is 20.7 Å². The first-order valence-corrected chi connectivity index (χ1v) is 17.1. The monoisotopic (exact) mass is 627 g/mol. The van der Waals surface area contributed by atoms with Crippen LogP contribution in [0.15, 0.2) is 52.8 Å². The van der Waals surface area contributed by atoms with Crippen molar-refractivity contribution in [3.05, 3.63) is 79.3 Å². The zero-order valence-electron chi connectivity index (χ0n) is 27.7. The number of aliphatic hydroxyl groups is 2. The molecule has 7 heteroatoms. The zero-order chi connectivity index (χ0) is 32.8. The summed E-state index contributed by atoms with van der Waals surface area (Å²) in [6.45, 7) is 11.8. The number of anilines is 1. The van der Waals surface area contributed by atoms with E-state index in [1.807, 2.05) is 19.9 Å². The number of allylic oxidation sites excluding steroid dienone is 2. The largest absolute Gasteiger partial charge is 0.481 e. The number of benzene rings is 1. The van der Waals surface area contributed by atoms with E-state index in [-0.39, 0.29) is 13.2 Å². The third-order valence-corrected chi connectivity index (χ3v) is 9.33. The molecule has 2 N–H and O–H groups in total. The summed E-state index contributed by atoms with van der Waals surface area (Å²) in [5.41, 5.74) is 5.95. The molecule has 0 saturated heterocycles. The van der Waals surface area contributed by atoms with E-state index in [4.69, 9.17) is 4.74 Å². The van der Waals surface area contributed by atoms with Crippen LogP contribution in [-0.4, -0.2) is 42.1 Å². The third-order valence-electron chi connectivity index (χ3n) is 8.12. The van der Waals surface area contributed by atoms with Crippen LogP contribution in [0.2, 0.25) is 0 Å². The van der Waals surface area contributed by atoms with Gasteiger partial charge < -0.3 is 19.8 Å². The fraction of sp³-hybridized carbons (Fsp3) is 0.474. The predicted molar refractivity (Wildman–Crippen MR) is 188 cm³/mol. The summed E-state index contributed by atoms with van der Waals surface area (Å²) in [5, 5.41) is 38.1. The van der Waals surface area contributed by atoms with Crippen LogP contribution in [0.5, 0.6) is 0 Å². The van der Waals surface area contributed by atoms with Gasteiger partial charge in [0.2, 0.25) is 0 Å². The Balaban J connectivity index is 2.01. The van der Waals surface area contributed by atoms with Crippen molar-refractivity contribution in [1.82, 2.24) is 0 Å². The number of nitrogens with zero attached hydrogens (tertiary/aromatic N) is 3. The number of nitriles is 2. The molecule has 240 valence electrons. The fourth-order valence-corrected chi connectivity index (χ4v) is 6.78. The molecule has 0 amide bonds. The van der Waals surface area contributed by atoms with Crippen LogP contribution in [0, 0.1) is 22.7 Å². The van der Waals surface area contributed by atoms with Gasteiger partial charge in [-0.15, -0.1) is 11.3 Å². The maximum Gasteiger partial charge on any atom is 0.152 e. The predicted octanol–water partition coefficient (Wildman–Crippen LogP) is 8.61. The van der Waals surface area contributed by atoms with Crippen LogP contribution in [0.25, 0.3) is 18.2 Å². The van der Waals surface area contributed by atoms with E-state index >= 15 is 0 Å². The van der Waals surface area contributed by atoms with Gasteiger partial charge in [0.15, 0.2) is 5.76 Å². The number of aliphatic hydroxyl groups excluding tert-OH is 2. The molecule has 0 fully saturated rings. The quantitative estimate of drug-likeness (QED) is 0.170. The van der Waals surface area contributed by atoms with Crippen molar-refractivity contribution in [3.8, 4) is 12.1 Å². The molecule has 45 heavy (non-hydrogen) atoms. The van der Waals surface area contributed by atoms with E-state index in [2.05, 4.69) is 73.4 Å². The summed E-state index contributed by atoms with van der Waals surface area (Å²) < 4.78 is 6.11. The molecule has 0 bridgehead atoms. The highest BCUT2D eigenvalue weighted by Crippen LogP contribution is 2.41. The molecule has 0 atom stereocenters. The highest BCUT2D eigenvalue weighted by Gasteiger charge is 2.37. The standard InChI is InChI=1S/C38H49N3O3S/c1-6-8-12-31-32(13-9-7-2)36(21-19-34-33(27-40)37(28(3)26-39)44-38(34,4)5)45-35(31)20-16-29-14-17-30(18-15-29)41(22-10-24-42)23-11-25-43/h14-21,42-43H,6-13,22-25H2,1-5H3/b20-16+,21-19+,37-28+. The summed E-state index contributed by atoms with van der Waals surface area (Å²) in [4.78, 5) is 4.69. The van der Waals surface area contributed by atoms with Crippen molar-refractivity contribution in [2.24, 2.45) is 0 Å². The highest BCUT2D eigenvalue weighted by atomic mass is 32.1. The molecule has 0 aliphatic carbocycles. The summed E-state index contributed by atoms with van der Waals surface area (Å²) >= 11 is 1.80. The third kappa shape index (κ3) is 9.44. The lowest BCUT2D eigenvalue weighted by molar-refractivity contribution is 0.0949. The minimum atomic E-state index is -0.707. The van der Waals surface area contributed by atoms with Crippen LogP contribution in [0.3, 0.4) is 0 Å². The number of ether oxygens (including phenoxy) is 1. The number of hydrogen-bond acceptors (Lipinski definition) is 7. The Morgan fingerprint density at radius 2 is 1.42 bits per heavy atom. The summed E-state index contributed by atoms with van der Waals surface area (Å²) in [6.07, 6.45) is 16.5. The van der Waals surface area contributed by atoms with Crippen LogP contribution in [-0.2, 0) is 17.6 Å². The molecule has 1 aromatic heterocycles. The first-order valence-electron chi connectivity index (χ1n) is 16.3. The van der Waals surface area contributed by atoms with Crippen molar-refractivity contribution in [2.45, 2.75) is 91.6 Å². The molecule has 1 aromatic carbocycles. The second-order valence-electron chi connectivity index (χ2n) is 12.0. The lowest BCUT2D eigenvalue weighted by Gasteiger charge is -2.24. The minimum Gasteiger partial charge on any atom is -0.481 e. The van der Waals surface area contributed by atoms with Gasteiger partial charge in [0.05, 0.1) is 11.6 Å². The van der Waals surface area contributed by atoms with E-state index in [1.165, 1.54) is 20.9 Å². The SMILES string of the molecule is CCCCc1c(/C=C/C2=C(C#N)C(=C(/C)C#N)/OC2(C)C)sc(/C=C/c2ccc(N(CCCO)CCCO)cc2)c1CCCC. The minimum absolute atomic E-state index is 0.149. The Bertz CT molecular complexity index is 1470. The summed E-state index contributed by atoms with van der Waals surface area (Å²) in [5.74, 6) is 0.380. The molecule has 0 saturated carbocycles. The van der Waals surface area contributed by atoms with Gasteiger partial charge in [-0.1, -0.05) is 51.0 Å². The van der Waals surface area contributed by atoms with Crippen molar-refractivity contribution >= 4 is 35.3 Å². The highest BCUT2D eigenvalue weighted by molar-refractivity contribution is 7.14. The van der Waals surface area contributed by atoms with Crippen molar-refractivity contribution in [2.75, 3.05) is 31.2 Å². The van der Waals surface area contributed by atoms with Gasteiger partial charge in [-0.05, 0) is 100 Å². The molecular formula is C38H49N3O3S. The normalized spacial score (nSPS) is 15.5. The number of hydrogen-bond donors (Lipinski definition) is 2. The zero-order valence-corrected chi connectivity index (χ0v) is 28.5. The average molecular weight is 628 g/mol. The lowest BCUT2D eigenvalue weighted by atomic mass is 9.93. The number of rotatable bonds is 17. The van der Waals surface area contributed by atoms with Gasteiger partial charge in [0, 0.05) is 47.3 Å². The number of unbranched alkanes of at least 4 members (excludes halogenated alkanes) is 2. The fourth-order valence-electron chi connectivity index (χ4n) is 5.58. The van der Waals surface area contributed by atoms with Gasteiger partial charge >= 0.3 is 0 Å². The Kier molecular flexibility index (Phi) is 14.2. The van der Waals surface area contributed by atoms with Gasteiger partial charge in [-0.25, -0.2) is 0 Å². The Hall–Kier alpha value is -3.62. The summed E-state index contributed by atoms with van der Waals surface area (Å²) in [6, 6.07) is 12.9. The van der Waals surface area contributed by atoms with Crippen molar-refractivity contribution in [3.63, 3.8) is 0 Å². The second kappa shape index (κ2) is 17.8. The molecule has 1 aliphatic heterocycles. The van der Waals surface area contributed by atoms with Crippen LogP contribution < -0.4 is 4.90 Å². The van der Waals surface area contributed by atoms with Gasteiger partial charge in [0.25, 0.3) is 0 Å². The molecular weight excluding hydrogens is 579 g/mol. The molecule has 0 spiro atoms. The first kappa shape index (κ1) is 35.9. The smallest absolute Gasteiger partial charge is 0.152 e. The first-order chi connectivity index (χ1) is 21.7. The molecule has 6 nitrogen and oxygen atoms in total. The topological polar surface area (TPSA) is 101 Å². The second-order valence-corrected chi connectivity index (χ2v) is 13.1. The molecule has 0 radical (unpaired) electrons. The lowest BCUT2D eigenvalue weighted by Crippen LogP contribution is -2.26. The van der Waals surface area contributed by atoms with Crippen LogP contribution in [0.1, 0.15) is 99.6 Å². The number of thiophene rings is 1. The average Bonchev–Trinajstić information content (AvgIpc) is 3.51. The van der Waals surface area contributed by atoms with E-state index in [0.29, 0.717) is 29.7 Å². The van der Waals surface area contributed by atoms with Gasteiger partial charge in [0.1, 0.15) is 17.2 Å². The van der Waals surface area contributed by atoms with Crippen LogP contribution >= 0.6 is 11.3 Å². The maximum atomic E-state index is 10.0. The summed E-state index contributed by atoms with van der Waals surface area (Å²) in [7, 11) is 0. The van der Waals surface area contributed by atoms with Crippen molar-refractivity contribution in [1.29, 1.82) is 10.5 Å².